The molecule has 1 aromatic carbocycles. The number of hydrogen-bond donors (Lipinski definition) is 1. The van der Waals surface area contributed by atoms with Crippen molar-refractivity contribution < 1.29 is 14.0 Å². The van der Waals surface area contributed by atoms with Crippen molar-refractivity contribution in [3.8, 4) is 0 Å². The number of carbonyl (C=O) groups is 2. The minimum atomic E-state index is -0.313. The van der Waals surface area contributed by atoms with Crippen LogP contribution in [0.2, 0.25) is 0 Å². The Morgan fingerprint density at radius 3 is 2.19 bits per heavy atom. The number of nitrogens with zero attached hydrogens (tertiary/aromatic N) is 4. The molecular weight excluding hydrogens is 349 g/mol. The number of aromatic nitrogens is 2. The molecule has 2 aromatic rings. The van der Waals surface area contributed by atoms with E-state index in [1.807, 2.05) is 0 Å². The molecule has 1 fully saturated rings. The van der Waals surface area contributed by atoms with Crippen molar-refractivity contribution in [3.05, 3.63) is 54.1 Å². The summed E-state index contributed by atoms with van der Waals surface area (Å²) in [6.07, 6.45) is 3.87. The molecule has 1 aliphatic heterocycles. The van der Waals surface area contributed by atoms with E-state index >= 15 is 0 Å². The number of nitrogens with one attached hydrogen (secondary N) is 1. The zero-order valence-electron chi connectivity index (χ0n) is 15.0. The van der Waals surface area contributed by atoms with Gasteiger partial charge in [-0.2, -0.15) is 0 Å². The lowest BCUT2D eigenvalue weighted by Crippen LogP contribution is -2.51. The van der Waals surface area contributed by atoms with Gasteiger partial charge in [-0.15, -0.1) is 0 Å². The van der Waals surface area contributed by atoms with Crippen LogP contribution in [0.15, 0.2) is 42.7 Å². The van der Waals surface area contributed by atoms with Gasteiger partial charge < -0.3 is 15.1 Å². The van der Waals surface area contributed by atoms with E-state index in [1.54, 1.807) is 40.4 Å². The van der Waals surface area contributed by atoms with Gasteiger partial charge in [0.25, 0.3) is 0 Å². The van der Waals surface area contributed by atoms with Crippen molar-refractivity contribution in [1.29, 1.82) is 0 Å². The molecule has 1 aromatic heterocycles. The first kappa shape index (κ1) is 18.8. The molecular formula is C19H22FN5O2. The minimum absolute atomic E-state index is 0.00315. The Morgan fingerprint density at radius 1 is 0.963 bits per heavy atom. The number of rotatable bonds is 6. The molecule has 7 nitrogen and oxygen atoms in total. The maximum atomic E-state index is 12.9. The van der Waals surface area contributed by atoms with Crippen LogP contribution in [-0.4, -0.2) is 64.3 Å². The summed E-state index contributed by atoms with van der Waals surface area (Å²) in [5, 5.41) is 3.01. The van der Waals surface area contributed by atoms with Crippen molar-refractivity contribution in [2.45, 2.75) is 12.8 Å². The van der Waals surface area contributed by atoms with Gasteiger partial charge in [0.2, 0.25) is 17.8 Å². The Bertz CT molecular complexity index is 761. The third-order valence-corrected chi connectivity index (χ3v) is 4.44. The van der Waals surface area contributed by atoms with Gasteiger partial charge in [-0.05, 0) is 23.8 Å². The summed E-state index contributed by atoms with van der Waals surface area (Å²) >= 11 is 0. The normalized spacial score (nSPS) is 14.1. The number of carbonyl (C=O) groups excluding carboxylic acids is 2. The first-order valence-corrected chi connectivity index (χ1v) is 8.93. The summed E-state index contributed by atoms with van der Waals surface area (Å²) in [4.78, 5) is 36.3. The van der Waals surface area contributed by atoms with Crippen LogP contribution >= 0.6 is 0 Å². The predicted octanol–water partition coefficient (Wildman–Crippen LogP) is 1.33. The van der Waals surface area contributed by atoms with E-state index in [-0.39, 0.29) is 24.1 Å². The van der Waals surface area contributed by atoms with Crippen LogP contribution in [0.5, 0.6) is 0 Å². The molecule has 27 heavy (non-hydrogen) atoms. The molecule has 0 spiro atoms. The lowest BCUT2D eigenvalue weighted by Gasteiger charge is -2.35. The molecule has 8 heteroatoms. The van der Waals surface area contributed by atoms with Crippen LogP contribution in [0.3, 0.4) is 0 Å². The van der Waals surface area contributed by atoms with Crippen molar-refractivity contribution in [3.63, 3.8) is 0 Å². The van der Waals surface area contributed by atoms with E-state index in [2.05, 4.69) is 15.3 Å². The first-order valence-electron chi connectivity index (χ1n) is 8.93. The SMILES string of the molecule is O=C(CCNc1ncccn1)N1CCN(C(=O)Cc2ccc(F)cc2)CC1. The van der Waals surface area contributed by atoms with Gasteiger partial charge >= 0.3 is 0 Å². The Kier molecular flexibility index (Phi) is 6.30. The van der Waals surface area contributed by atoms with Gasteiger partial charge in [-0.1, -0.05) is 12.1 Å². The van der Waals surface area contributed by atoms with Crippen molar-refractivity contribution >= 4 is 17.8 Å². The predicted molar refractivity (Wildman–Crippen MR) is 98.4 cm³/mol. The highest BCUT2D eigenvalue weighted by atomic mass is 19.1. The summed E-state index contributed by atoms with van der Waals surface area (Å²) in [5.74, 6) is 0.230. The zero-order chi connectivity index (χ0) is 19.1. The lowest BCUT2D eigenvalue weighted by atomic mass is 10.1. The Hall–Kier alpha value is -3.03. The zero-order valence-corrected chi connectivity index (χ0v) is 15.0. The van der Waals surface area contributed by atoms with E-state index < -0.39 is 0 Å². The number of hydrogen-bond acceptors (Lipinski definition) is 5. The number of amides is 2. The standard InChI is InChI=1S/C19H22FN5O2/c20-16-4-2-15(3-5-16)14-18(27)25-12-10-24(11-13-25)17(26)6-9-23-19-21-7-1-8-22-19/h1-5,7-8H,6,9-14H2,(H,21,22,23). The average Bonchev–Trinajstić information content (AvgIpc) is 2.70. The van der Waals surface area contributed by atoms with Gasteiger partial charge in [0.05, 0.1) is 6.42 Å². The van der Waals surface area contributed by atoms with E-state index in [0.717, 1.165) is 5.56 Å². The van der Waals surface area contributed by atoms with Crippen LogP contribution in [0.1, 0.15) is 12.0 Å². The van der Waals surface area contributed by atoms with Crippen LogP contribution < -0.4 is 5.32 Å². The largest absolute Gasteiger partial charge is 0.354 e. The molecule has 0 aliphatic carbocycles. The molecule has 1 saturated heterocycles. The summed E-state index contributed by atoms with van der Waals surface area (Å²) < 4.78 is 12.9. The molecule has 0 saturated carbocycles. The number of halogens is 1. The maximum absolute atomic E-state index is 12.9. The fourth-order valence-corrected chi connectivity index (χ4v) is 2.92. The highest BCUT2D eigenvalue weighted by Gasteiger charge is 2.23. The summed E-state index contributed by atoms with van der Waals surface area (Å²) in [5.41, 5.74) is 0.786. The molecule has 2 heterocycles. The van der Waals surface area contributed by atoms with E-state index in [0.29, 0.717) is 45.1 Å². The topological polar surface area (TPSA) is 78.4 Å². The number of piperazine rings is 1. The van der Waals surface area contributed by atoms with Gasteiger partial charge in [0.1, 0.15) is 5.82 Å². The van der Waals surface area contributed by atoms with Crippen LogP contribution in [0.25, 0.3) is 0 Å². The maximum Gasteiger partial charge on any atom is 0.227 e. The van der Waals surface area contributed by atoms with Crippen LogP contribution in [0, 0.1) is 5.82 Å². The number of anilines is 1. The molecule has 3 rings (SSSR count). The molecule has 142 valence electrons. The van der Waals surface area contributed by atoms with Gasteiger partial charge in [-0.25, -0.2) is 14.4 Å². The Balaban J connectivity index is 1.39. The third-order valence-electron chi connectivity index (χ3n) is 4.44. The van der Waals surface area contributed by atoms with Gasteiger partial charge in [-0.3, -0.25) is 9.59 Å². The molecule has 0 atom stereocenters. The van der Waals surface area contributed by atoms with Crippen molar-refractivity contribution in [2.75, 3.05) is 38.0 Å². The quantitative estimate of drug-likeness (QED) is 0.829. The average molecular weight is 371 g/mol. The third kappa shape index (κ3) is 5.47. The Morgan fingerprint density at radius 2 is 1.56 bits per heavy atom. The van der Waals surface area contributed by atoms with E-state index in [4.69, 9.17) is 0 Å². The van der Waals surface area contributed by atoms with E-state index in [9.17, 15) is 14.0 Å². The monoisotopic (exact) mass is 371 g/mol. The van der Waals surface area contributed by atoms with Crippen molar-refractivity contribution in [1.82, 2.24) is 19.8 Å². The summed E-state index contributed by atoms with van der Waals surface area (Å²) in [6.45, 7) is 2.54. The number of benzene rings is 1. The Labute approximate surface area is 157 Å². The molecule has 2 amide bonds. The van der Waals surface area contributed by atoms with E-state index in [1.165, 1.54) is 12.1 Å². The molecule has 1 N–H and O–H groups in total. The summed E-state index contributed by atoms with van der Waals surface area (Å²) in [6, 6.07) is 7.68. The van der Waals surface area contributed by atoms with Gasteiger partial charge in [0.15, 0.2) is 0 Å². The molecule has 0 radical (unpaired) electrons. The second-order valence-corrected chi connectivity index (χ2v) is 6.31. The van der Waals surface area contributed by atoms with Crippen LogP contribution in [0.4, 0.5) is 10.3 Å². The summed E-state index contributed by atoms with van der Waals surface area (Å²) in [7, 11) is 0. The molecule has 0 bridgehead atoms. The molecule has 1 aliphatic rings. The molecule has 0 unspecified atom stereocenters. The smallest absolute Gasteiger partial charge is 0.227 e. The minimum Gasteiger partial charge on any atom is -0.354 e. The second kappa shape index (κ2) is 9.07. The first-order chi connectivity index (χ1) is 13.1. The lowest BCUT2D eigenvalue weighted by molar-refractivity contribution is -0.139. The van der Waals surface area contributed by atoms with Crippen molar-refractivity contribution in [2.24, 2.45) is 0 Å². The van der Waals surface area contributed by atoms with Crippen LogP contribution in [-0.2, 0) is 16.0 Å². The highest BCUT2D eigenvalue weighted by Crippen LogP contribution is 2.09. The van der Waals surface area contributed by atoms with Gasteiger partial charge in [0, 0.05) is 51.5 Å². The fraction of sp³-hybridized carbons (Fsp3) is 0.368. The second-order valence-electron chi connectivity index (χ2n) is 6.31. The fourth-order valence-electron chi connectivity index (χ4n) is 2.92. The highest BCUT2D eigenvalue weighted by molar-refractivity contribution is 5.80.